The van der Waals surface area contributed by atoms with E-state index in [1.807, 2.05) is 13.0 Å². The van der Waals surface area contributed by atoms with Crippen LogP contribution in [0.25, 0.3) is 0 Å². The largest absolute Gasteiger partial charge is 0.388 e. The Balaban J connectivity index is 2.14. The molecule has 0 radical (unpaired) electrons. The molecule has 0 saturated carbocycles. The molecular formula is C12H17NO3S. The van der Waals surface area contributed by atoms with Crippen molar-refractivity contribution >= 4 is 17.2 Å². The maximum atomic E-state index is 12.1. The van der Waals surface area contributed by atoms with Gasteiger partial charge in [-0.3, -0.25) is 4.79 Å². The first-order valence-electron chi connectivity index (χ1n) is 5.77. The van der Waals surface area contributed by atoms with E-state index in [1.165, 1.54) is 21.8 Å². The van der Waals surface area contributed by atoms with Crippen LogP contribution >= 0.6 is 11.3 Å². The number of aliphatic hydroxyl groups excluding tert-OH is 2. The van der Waals surface area contributed by atoms with Gasteiger partial charge >= 0.3 is 0 Å². The van der Waals surface area contributed by atoms with Gasteiger partial charge in [0.05, 0.1) is 17.1 Å². The summed E-state index contributed by atoms with van der Waals surface area (Å²) in [6, 6.07) is 1.92. The van der Waals surface area contributed by atoms with Crippen molar-refractivity contribution < 1.29 is 15.0 Å². The minimum absolute atomic E-state index is 0.0894. The fraction of sp³-hybridized carbons (Fsp3) is 0.583. The summed E-state index contributed by atoms with van der Waals surface area (Å²) in [4.78, 5) is 15.5. The minimum Gasteiger partial charge on any atom is -0.388 e. The third-order valence-electron chi connectivity index (χ3n) is 3.16. The number of amides is 1. The summed E-state index contributed by atoms with van der Waals surface area (Å²) in [7, 11) is 0. The number of thiophene rings is 1. The van der Waals surface area contributed by atoms with Crippen LogP contribution in [0.4, 0.5) is 0 Å². The van der Waals surface area contributed by atoms with E-state index in [0.29, 0.717) is 4.88 Å². The molecule has 0 bridgehead atoms. The Hall–Kier alpha value is -0.910. The van der Waals surface area contributed by atoms with E-state index >= 15 is 0 Å². The molecule has 94 valence electrons. The number of hydrogen-bond acceptors (Lipinski definition) is 4. The van der Waals surface area contributed by atoms with Crippen LogP contribution in [0.3, 0.4) is 0 Å². The highest BCUT2D eigenvalue weighted by Crippen LogP contribution is 2.24. The van der Waals surface area contributed by atoms with Crippen LogP contribution in [-0.2, 0) is 6.42 Å². The molecule has 2 N–H and O–H groups in total. The van der Waals surface area contributed by atoms with Crippen molar-refractivity contribution in [3.8, 4) is 0 Å². The Labute approximate surface area is 104 Å². The molecule has 1 saturated heterocycles. The molecule has 0 spiro atoms. The van der Waals surface area contributed by atoms with Gasteiger partial charge in [-0.2, -0.15) is 0 Å². The van der Waals surface area contributed by atoms with Crippen LogP contribution in [0.1, 0.15) is 27.0 Å². The molecular weight excluding hydrogens is 238 g/mol. The lowest BCUT2D eigenvalue weighted by Crippen LogP contribution is -2.29. The van der Waals surface area contributed by atoms with Crippen molar-refractivity contribution in [3.05, 3.63) is 21.4 Å². The summed E-state index contributed by atoms with van der Waals surface area (Å²) >= 11 is 1.48. The van der Waals surface area contributed by atoms with E-state index in [2.05, 4.69) is 6.92 Å². The Morgan fingerprint density at radius 3 is 2.53 bits per heavy atom. The fourth-order valence-corrected chi connectivity index (χ4v) is 3.15. The molecule has 2 atom stereocenters. The lowest BCUT2D eigenvalue weighted by molar-refractivity contribution is 0.0572. The predicted octanol–water partition coefficient (Wildman–Crippen LogP) is 0.797. The number of rotatable bonds is 2. The Morgan fingerprint density at radius 2 is 2.06 bits per heavy atom. The van der Waals surface area contributed by atoms with Gasteiger partial charge in [0.15, 0.2) is 0 Å². The first-order valence-corrected chi connectivity index (χ1v) is 6.59. The Morgan fingerprint density at radius 1 is 1.47 bits per heavy atom. The standard InChI is InChI=1S/C12H17NO3S/c1-3-8-4-11(17-7(8)2)12(16)13-5-9(14)10(15)6-13/h4,9-10,14-15H,3,5-6H2,1-2H3/t9-,10+. The predicted molar refractivity (Wildman–Crippen MR) is 66.4 cm³/mol. The summed E-state index contributed by atoms with van der Waals surface area (Å²) in [6.45, 7) is 4.51. The second-order valence-corrected chi connectivity index (χ2v) is 5.65. The molecule has 1 aromatic heterocycles. The lowest BCUT2D eigenvalue weighted by atomic mass is 10.2. The molecule has 5 heteroatoms. The highest BCUT2D eigenvalue weighted by Gasteiger charge is 2.33. The average molecular weight is 255 g/mol. The molecule has 1 aliphatic rings. The highest BCUT2D eigenvalue weighted by molar-refractivity contribution is 7.14. The zero-order chi connectivity index (χ0) is 12.6. The van der Waals surface area contributed by atoms with Gasteiger partial charge in [0, 0.05) is 18.0 Å². The minimum atomic E-state index is -0.814. The number of β-amino-alcohol motifs (C(OH)–C–C–N with tert-alkyl or cyclic N) is 2. The molecule has 17 heavy (non-hydrogen) atoms. The summed E-state index contributed by atoms with van der Waals surface area (Å²) in [5.74, 6) is -0.0894. The van der Waals surface area contributed by atoms with Crippen molar-refractivity contribution in [1.29, 1.82) is 0 Å². The number of nitrogens with zero attached hydrogens (tertiary/aromatic N) is 1. The monoisotopic (exact) mass is 255 g/mol. The third-order valence-corrected chi connectivity index (χ3v) is 4.24. The van der Waals surface area contributed by atoms with E-state index in [0.717, 1.165) is 11.3 Å². The zero-order valence-corrected chi connectivity index (χ0v) is 10.8. The van der Waals surface area contributed by atoms with E-state index < -0.39 is 12.2 Å². The van der Waals surface area contributed by atoms with Crippen molar-refractivity contribution in [2.24, 2.45) is 0 Å². The van der Waals surface area contributed by atoms with Gasteiger partial charge < -0.3 is 15.1 Å². The maximum absolute atomic E-state index is 12.1. The SMILES string of the molecule is CCc1cc(C(=O)N2C[C@@H](O)[C@@H](O)C2)sc1C. The summed E-state index contributed by atoms with van der Waals surface area (Å²) in [6.07, 6.45) is -0.711. The molecule has 1 fully saturated rings. The van der Waals surface area contributed by atoms with Crippen LogP contribution in [-0.4, -0.2) is 46.3 Å². The average Bonchev–Trinajstić information content (AvgIpc) is 2.82. The number of carbonyl (C=O) groups excluding carboxylic acids is 1. The number of likely N-dealkylation sites (tertiary alicyclic amines) is 1. The molecule has 0 unspecified atom stereocenters. The van der Waals surface area contributed by atoms with Crippen LogP contribution < -0.4 is 0 Å². The van der Waals surface area contributed by atoms with Gasteiger partial charge in [-0.15, -0.1) is 11.3 Å². The molecule has 2 rings (SSSR count). The number of aryl methyl sites for hydroxylation is 2. The summed E-state index contributed by atoms with van der Waals surface area (Å²) in [5, 5.41) is 18.9. The smallest absolute Gasteiger partial charge is 0.264 e. The van der Waals surface area contributed by atoms with Crippen LogP contribution in [0.2, 0.25) is 0 Å². The molecule has 1 aliphatic heterocycles. The summed E-state index contributed by atoms with van der Waals surface area (Å²) < 4.78 is 0. The highest BCUT2D eigenvalue weighted by atomic mass is 32.1. The van der Waals surface area contributed by atoms with Gasteiger partial charge in [0.1, 0.15) is 0 Å². The van der Waals surface area contributed by atoms with E-state index in [4.69, 9.17) is 0 Å². The van der Waals surface area contributed by atoms with Crippen molar-refractivity contribution in [3.63, 3.8) is 0 Å². The Kier molecular flexibility index (Phi) is 3.51. The van der Waals surface area contributed by atoms with Gasteiger partial charge in [-0.25, -0.2) is 0 Å². The van der Waals surface area contributed by atoms with Gasteiger partial charge in [0.2, 0.25) is 0 Å². The second kappa shape index (κ2) is 4.76. The first kappa shape index (κ1) is 12.5. The van der Waals surface area contributed by atoms with E-state index in [-0.39, 0.29) is 19.0 Å². The molecule has 1 aromatic rings. The topological polar surface area (TPSA) is 60.8 Å². The van der Waals surface area contributed by atoms with E-state index in [9.17, 15) is 15.0 Å². The number of aliphatic hydroxyl groups is 2. The zero-order valence-electron chi connectivity index (χ0n) is 10.0. The normalized spacial score (nSPS) is 24.4. The molecule has 1 amide bonds. The van der Waals surface area contributed by atoms with Crippen LogP contribution in [0.5, 0.6) is 0 Å². The van der Waals surface area contributed by atoms with Gasteiger partial charge in [-0.05, 0) is 25.0 Å². The molecule has 0 aromatic carbocycles. The van der Waals surface area contributed by atoms with Gasteiger partial charge in [0.25, 0.3) is 5.91 Å². The Bertz CT molecular complexity index is 419. The number of carbonyl (C=O) groups is 1. The second-order valence-electron chi connectivity index (χ2n) is 4.39. The van der Waals surface area contributed by atoms with Gasteiger partial charge in [-0.1, -0.05) is 6.92 Å². The van der Waals surface area contributed by atoms with Crippen molar-refractivity contribution in [2.45, 2.75) is 32.5 Å². The molecule has 4 nitrogen and oxygen atoms in total. The molecule has 0 aliphatic carbocycles. The molecule has 2 heterocycles. The first-order chi connectivity index (χ1) is 8.02. The third kappa shape index (κ3) is 2.36. The maximum Gasteiger partial charge on any atom is 0.264 e. The van der Waals surface area contributed by atoms with Crippen LogP contribution in [0.15, 0.2) is 6.07 Å². The van der Waals surface area contributed by atoms with Crippen molar-refractivity contribution in [2.75, 3.05) is 13.1 Å². The fourth-order valence-electron chi connectivity index (χ4n) is 2.07. The lowest BCUT2D eigenvalue weighted by Gasteiger charge is -2.13. The van der Waals surface area contributed by atoms with Crippen LogP contribution in [0, 0.1) is 6.92 Å². The van der Waals surface area contributed by atoms with E-state index in [1.54, 1.807) is 0 Å². The quantitative estimate of drug-likeness (QED) is 0.821. The summed E-state index contributed by atoms with van der Waals surface area (Å²) in [5.41, 5.74) is 1.19. The van der Waals surface area contributed by atoms with Crippen molar-refractivity contribution in [1.82, 2.24) is 4.90 Å². The number of hydrogen-bond donors (Lipinski definition) is 2.